The fourth-order valence-corrected chi connectivity index (χ4v) is 5.73. The van der Waals surface area contributed by atoms with Crippen LogP contribution in [0.15, 0.2) is 17.2 Å². The number of likely N-dealkylation sites (tertiary alicyclic amines) is 1. The van der Waals surface area contributed by atoms with E-state index in [2.05, 4.69) is 26.1 Å². The number of nitrogens with one attached hydrogen (secondary N) is 2. The molecule has 0 saturated carbocycles. The number of anilines is 1. The summed E-state index contributed by atoms with van der Waals surface area (Å²) in [6.45, 7) is 2.69. The minimum atomic E-state index is -4.05. The van der Waals surface area contributed by atoms with E-state index in [1.165, 1.54) is 11.1 Å². The average molecular weight is 453 g/mol. The van der Waals surface area contributed by atoms with Gasteiger partial charge in [-0.2, -0.15) is 13.5 Å². The Morgan fingerprint density at radius 3 is 2.26 bits per heavy atom. The molecule has 1 fully saturated rings. The summed E-state index contributed by atoms with van der Waals surface area (Å²) in [6.07, 6.45) is 7.19. The Balaban J connectivity index is 0.00000231. The Labute approximate surface area is 205 Å². The second-order valence-corrected chi connectivity index (χ2v) is 10.2. The van der Waals surface area contributed by atoms with Gasteiger partial charge in [0.25, 0.3) is 10.0 Å². The van der Waals surface area contributed by atoms with Gasteiger partial charge in [0, 0.05) is 54.9 Å². The third kappa shape index (κ3) is 4.43. The van der Waals surface area contributed by atoms with E-state index >= 15 is 0 Å². The van der Waals surface area contributed by atoms with Crippen LogP contribution in [-0.2, 0) is 49.3 Å². The molecule has 5 rings (SSSR count). The molecule has 3 aliphatic rings. The number of nitrogens with zero attached hydrogens (tertiary/aromatic N) is 3. The summed E-state index contributed by atoms with van der Waals surface area (Å²) in [4.78, 5) is 14.9. The Hall–Kier alpha value is -1.39. The third-order valence-electron chi connectivity index (χ3n) is 6.50. The summed E-state index contributed by atoms with van der Waals surface area (Å²) in [7, 11) is -2.32. The van der Waals surface area contributed by atoms with Crippen LogP contribution < -0.4 is 10.0 Å². The molecule has 0 spiro atoms. The van der Waals surface area contributed by atoms with Crippen molar-refractivity contribution in [3.63, 3.8) is 0 Å². The van der Waals surface area contributed by atoms with Gasteiger partial charge >= 0.3 is 6.03 Å². The largest absolute Gasteiger partial charge is 0.333 e. The van der Waals surface area contributed by atoms with Crippen LogP contribution in [0.1, 0.15) is 47.2 Å². The molecule has 1 aromatic heterocycles. The first-order valence-electron chi connectivity index (χ1n) is 10.7. The van der Waals surface area contributed by atoms with Gasteiger partial charge in [0.1, 0.15) is 0 Å². The van der Waals surface area contributed by atoms with Crippen LogP contribution >= 0.6 is 0 Å². The molecule has 31 heavy (non-hydrogen) atoms. The molecular weight excluding hydrogens is 425 g/mol. The van der Waals surface area contributed by atoms with Gasteiger partial charge < -0.3 is 5.32 Å². The molecule has 0 bridgehead atoms. The molecule has 2 aliphatic carbocycles. The number of benzene rings is 1. The van der Waals surface area contributed by atoms with E-state index in [9.17, 15) is 13.2 Å². The monoisotopic (exact) mass is 452 g/mol. The number of amides is 2. The summed E-state index contributed by atoms with van der Waals surface area (Å²) in [5.74, 6) is 0. The molecule has 2 N–H and O–H groups in total. The van der Waals surface area contributed by atoms with Crippen molar-refractivity contribution in [3.05, 3.63) is 40.1 Å². The zero-order chi connectivity index (χ0) is 20.9. The molecule has 161 valence electrons. The van der Waals surface area contributed by atoms with E-state index in [4.69, 9.17) is 0 Å². The van der Waals surface area contributed by atoms with Crippen molar-refractivity contribution in [2.45, 2.75) is 56.5 Å². The van der Waals surface area contributed by atoms with E-state index in [-0.39, 0.29) is 34.6 Å². The summed E-state index contributed by atoms with van der Waals surface area (Å²) in [6, 6.07) is 3.10. The van der Waals surface area contributed by atoms with E-state index < -0.39 is 16.1 Å². The molecule has 2 amide bonds. The second-order valence-electron chi connectivity index (χ2n) is 8.52. The maximum atomic E-state index is 12.8. The number of urea groups is 1. The van der Waals surface area contributed by atoms with E-state index in [0.29, 0.717) is 6.54 Å². The van der Waals surface area contributed by atoms with Crippen molar-refractivity contribution in [1.29, 1.82) is 0 Å². The SMILES string of the molecule is Cn1nc(S(=O)(=O)NC(=O)Nc2c3c(cc4c2CCC4)CCC3)cc1CN1CCC1.[Na]. The van der Waals surface area contributed by atoms with Crippen LogP contribution in [-0.4, -0.2) is 71.8 Å². The number of rotatable bonds is 5. The Morgan fingerprint density at radius 2 is 1.68 bits per heavy atom. The zero-order valence-electron chi connectivity index (χ0n) is 18.2. The summed E-state index contributed by atoms with van der Waals surface area (Å²) < 4.78 is 29.3. The maximum absolute atomic E-state index is 12.8. The molecule has 0 unspecified atom stereocenters. The number of sulfonamides is 1. The summed E-state index contributed by atoms with van der Waals surface area (Å²) in [5, 5.41) is 6.87. The Bertz CT molecular complexity index is 1090. The fraction of sp³-hybridized carbons (Fsp3) is 0.524. The Morgan fingerprint density at radius 1 is 1.03 bits per heavy atom. The number of aryl methyl sites for hydroxylation is 3. The van der Waals surface area contributed by atoms with Crippen molar-refractivity contribution < 1.29 is 13.2 Å². The van der Waals surface area contributed by atoms with Crippen molar-refractivity contribution in [3.8, 4) is 0 Å². The second kappa shape index (κ2) is 8.86. The van der Waals surface area contributed by atoms with Crippen LogP contribution in [0, 0.1) is 0 Å². The fourth-order valence-electron chi connectivity index (χ4n) is 4.81. The van der Waals surface area contributed by atoms with Gasteiger partial charge in [-0.3, -0.25) is 9.58 Å². The molecule has 1 aromatic carbocycles. The van der Waals surface area contributed by atoms with Gasteiger partial charge in [-0.1, -0.05) is 6.07 Å². The smallest absolute Gasteiger partial charge is 0.307 e. The van der Waals surface area contributed by atoms with Gasteiger partial charge in [0.15, 0.2) is 5.03 Å². The van der Waals surface area contributed by atoms with E-state index in [1.54, 1.807) is 17.8 Å². The number of carbonyl (C=O) groups excluding carboxylic acids is 1. The first kappa shape index (κ1) is 22.8. The molecule has 0 atom stereocenters. The summed E-state index contributed by atoms with van der Waals surface area (Å²) in [5.41, 5.74) is 6.54. The quantitative estimate of drug-likeness (QED) is 0.674. The van der Waals surface area contributed by atoms with Crippen molar-refractivity contribution in [1.82, 2.24) is 19.4 Å². The molecule has 8 nitrogen and oxygen atoms in total. The number of hydrogen-bond donors (Lipinski definition) is 2. The van der Waals surface area contributed by atoms with E-state index in [0.717, 1.165) is 80.5 Å². The normalized spacial score (nSPS) is 17.5. The molecular formula is C21H27N5NaO3S. The topological polar surface area (TPSA) is 96.3 Å². The third-order valence-corrected chi connectivity index (χ3v) is 7.71. The Kier molecular flexibility index (Phi) is 6.52. The maximum Gasteiger partial charge on any atom is 0.333 e. The van der Waals surface area contributed by atoms with Gasteiger partial charge in [0.2, 0.25) is 0 Å². The molecule has 2 heterocycles. The predicted octanol–water partition coefficient (Wildman–Crippen LogP) is 1.73. The van der Waals surface area contributed by atoms with Crippen LogP contribution in [0.2, 0.25) is 0 Å². The minimum absolute atomic E-state index is 0. The molecule has 10 heteroatoms. The van der Waals surface area contributed by atoms with Crippen LogP contribution in [0.5, 0.6) is 0 Å². The van der Waals surface area contributed by atoms with Gasteiger partial charge in [-0.25, -0.2) is 9.52 Å². The predicted molar refractivity (Wildman–Crippen MR) is 119 cm³/mol. The molecule has 1 radical (unpaired) electrons. The van der Waals surface area contributed by atoms with Crippen LogP contribution in [0.25, 0.3) is 0 Å². The van der Waals surface area contributed by atoms with Crippen molar-refractivity contribution >= 4 is 51.3 Å². The van der Waals surface area contributed by atoms with Crippen molar-refractivity contribution in [2.24, 2.45) is 7.05 Å². The standard InChI is InChI=1S/C21H27N5O3S.Na/c1-25-16(13-26-9-4-10-26)12-19(23-25)30(28,29)24-21(27)22-20-17-7-2-5-14(17)11-15-6-3-8-18(15)20;/h11-12H,2-10,13H2,1H3,(H2,22,24,27);. The van der Waals surface area contributed by atoms with Crippen LogP contribution in [0.4, 0.5) is 10.5 Å². The average Bonchev–Trinajstić information content (AvgIpc) is 3.37. The molecule has 2 aromatic rings. The number of carbonyl (C=O) groups is 1. The summed E-state index contributed by atoms with van der Waals surface area (Å²) >= 11 is 0. The number of aromatic nitrogens is 2. The molecule has 1 saturated heterocycles. The number of fused-ring (bicyclic) bond motifs is 2. The van der Waals surface area contributed by atoms with Gasteiger partial charge in [0.05, 0.1) is 5.69 Å². The van der Waals surface area contributed by atoms with Crippen molar-refractivity contribution in [2.75, 3.05) is 18.4 Å². The first-order chi connectivity index (χ1) is 14.4. The number of hydrogen-bond acceptors (Lipinski definition) is 5. The minimum Gasteiger partial charge on any atom is -0.307 e. The molecule has 1 aliphatic heterocycles. The van der Waals surface area contributed by atoms with Gasteiger partial charge in [-0.15, -0.1) is 0 Å². The zero-order valence-corrected chi connectivity index (χ0v) is 21.0. The van der Waals surface area contributed by atoms with Crippen LogP contribution in [0.3, 0.4) is 0 Å². The van der Waals surface area contributed by atoms with Gasteiger partial charge in [-0.05, 0) is 80.3 Å². The van der Waals surface area contributed by atoms with E-state index in [1.807, 2.05) is 0 Å². The first-order valence-corrected chi connectivity index (χ1v) is 12.1.